The number of nitrogens with one attached hydrogen (secondary N) is 1. The van der Waals surface area contributed by atoms with Gasteiger partial charge >= 0.3 is 11.9 Å². The van der Waals surface area contributed by atoms with Crippen molar-refractivity contribution in [1.82, 2.24) is 5.32 Å². The van der Waals surface area contributed by atoms with E-state index in [0.717, 1.165) is 0 Å². The van der Waals surface area contributed by atoms with E-state index >= 15 is 0 Å². The Kier molecular flexibility index (Phi) is 13.4. The van der Waals surface area contributed by atoms with Crippen LogP contribution in [0.15, 0.2) is 5.11 Å². The smallest absolute Gasteiger partial charge is 0.309 e. The van der Waals surface area contributed by atoms with Gasteiger partial charge in [0.25, 0.3) is 0 Å². The van der Waals surface area contributed by atoms with E-state index < -0.39 is 41.3 Å². The van der Waals surface area contributed by atoms with Crippen molar-refractivity contribution in [3.05, 3.63) is 10.4 Å². The lowest BCUT2D eigenvalue weighted by atomic mass is 9.86. The fourth-order valence-electron chi connectivity index (χ4n) is 3.34. The molecule has 10 nitrogen and oxygen atoms in total. The molecule has 0 aromatic rings. The number of hydrogen-bond donors (Lipinski definition) is 1. The minimum absolute atomic E-state index is 0.0545. The van der Waals surface area contributed by atoms with Crippen molar-refractivity contribution in [3.63, 3.8) is 0 Å². The van der Waals surface area contributed by atoms with Crippen LogP contribution < -0.4 is 5.32 Å². The summed E-state index contributed by atoms with van der Waals surface area (Å²) in [6.07, 6.45) is 0.485. The molecule has 0 rings (SSSR count). The first kappa shape index (κ1) is 30.4. The predicted molar refractivity (Wildman–Crippen MR) is 124 cm³/mol. The first-order valence-electron chi connectivity index (χ1n) is 11.4. The van der Waals surface area contributed by atoms with Crippen LogP contribution in [0, 0.1) is 23.7 Å². The Hall–Kier alpha value is -2.61. The topological polar surface area (TPSA) is 148 Å². The van der Waals surface area contributed by atoms with Gasteiger partial charge in [-0.1, -0.05) is 32.8 Å². The van der Waals surface area contributed by atoms with E-state index in [4.69, 9.17) is 15.0 Å². The maximum atomic E-state index is 13.1. The maximum Gasteiger partial charge on any atom is 0.309 e. The third kappa shape index (κ3) is 12.3. The standard InChI is InChI=1S/C23H40N4O6/c1-14(2)17(22(31)32-8)13-18(28)20(15(3)4)26-21(30)16(10-9-11-25-27-24)12-19(29)33-23(5,6)7/h14-17,20H,9-13H2,1-8H3,(H,26,30)/t16-,17+,20+/m1/s1. The van der Waals surface area contributed by atoms with Crippen LogP contribution in [-0.2, 0) is 28.7 Å². The molecule has 33 heavy (non-hydrogen) atoms. The number of ether oxygens (including phenoxy) is 2. The summed E-state index contributed by atoms with van der Waals surface area (Å²) in [4.78, 5) is 53.2. The lowest BCUT2D eigenvalue weighted by Crippen LogP contribution is -2.48. The molecule has 0 saturated carbocycles. The molecule has 1 amide bonds. The van der Waals surface area contributed by atoms with Gasteiger partial charge in [-0.15, -0.1) is 0 Å². The van der Waals surface area contributed by atoms with Gasteiger partial charge in [-0.05, 0) is 51.0 Å². The maximum absolute atomic E-state index is 13.1. The van der Waals surface area contributed by atoms with Crippen molar-refractivity contribution < 1.29 is 28.7 Å². The zero-order valence-corrected chi connectivity index (χ0v) is 21.2. The molecular formula is C23H40N4O6. The van der Waals surface area contributed by atoms with Crippen LogP contribution in [-0.4, -0.2) is 48.9 Å². The molecule has 0 radical (unpaired) electrons. The molecule has 0 heterocycles. The SMILES string of the molecule is COC(=O)[C@@H](CC(=O)[C@@H](NC(=O)[C@H](CCCN=[N+]=[N-])CC(=O)OC(C)(C)C)C(C)C)C(C)C. The van der Waals surface area contributed by atoms with Gasteiger partial charge in [-0.3, -0.25) is 19.2 Å². The van der Waals surface area contributed by atoms with Gasteiger partial charge in [0.05, 0.1) is 25.5 Å². The van der Waals surface area contributed by atoms with Crippen molar-refractivity contribution in [2.24, 2.45) is 28.8 Å². The minimum atomic E-state index is -0.818. The lowest BCUT2D eigenvalue weighted by Gasteiger charge is -2.27. The van der Waals surface area contributed by atoms with Gasteiger partial charge < -0.3 is 14.8 Å². The quantitative estimate of drug-likeness (QED) is 0.134. The summed E-state index contributed by atoms with van der Waals surface area (Å²) in [5.74, 6) is -3.40. The van der Waals surface area contributed by atoms with E-state index in [1.54, 1.807) is 34.6 Å². The Morgan fingerprint density at radius 2 is 1.64 bits per heavy atom. The number of nitrogens with zero attached hydrogens (tertiary/aromatic N) is 3. The monoisotopic (exact) mass is 468 g/mol. The molecule has 0 aromatic carbocycles. The van der Waals surface area contributed by atoms with Crippen LogP contribution in [0.2, 0.25) is 0 Å². The van der Waals surface area contributed by atoms with Gasteiger partial charge in [0, 0.05) is 23.8 Å². The highest BCUT2D eigenvalue weighted by atomic mass is 16.6. The number of ketones is 1. The summed E-state index contributed by atoms with van der Waals surface area (Å²) in [7, 11) is 1.28. The number of azide groups is 1. The summed E-state index contributed by atoms with van der Waals surface area (Å²) in [6.45, 7) is 12.7. The Balaban J connectivity index is 5.49. The van der Waals surface area contributed by atoms with Gasteiger partial charge in [0.1, 0.15) is 5.60 Å². The highest BCUT2D eigenvalue weighted by Gasteiger charge is 2.33. The van der Waals surface area contributed by atoms with E-state index in [2.05, 4.69) is 15.3 Å². The summed E-state index contributed by atoms with van der Waals surface area (Å²) in [5.41, 5.74) is 7.76. The van der Waals surface area contributed by atoms with E-state index in [9.17, 15) is 19.2 Å². The van der Waals surface area contributed by atoms with Crippen molar-refractivity contribution in [2.45, 2.75) is 85.8 Å². The van der Waals surface area contributed by atoms with Crippen molar-refractivity contribution in [1.29, 1.82) is 0 Å². The fourth-order valence-corrected chi connectivity index (χ4v) is 3.34. The van der Waals surface area contributed by atoms with Crippen LogP contribution in [0.25, 0.3) is 10.4 Å². The zero-order valence-electron chi connectivity index (χ0n) is 21.2. The van der Waals surface area contributed by atoms with E-state index in [1.807, 2.05) is 13.8 Å². The molecule has 0 aromatic heterocycles. The largest absolute Gasteiger partial charge is 0.469 e. The number of Topliss-reactive ketones (excluding diaryl/α,β-unsaturated/α-hetero) is 1. The van der Waals surface area contributed by atoms with Crippen LogP contribution in [0.4, 0.5) is 0 Å². The summed E-state index contributed by atoms with van der Waals surface area (Å²) >= 11 is 0. The normalized spacial score (nSPS) is 14.1. The zero-order chi connectivity index (χ0) is 25.8. The van der Waals surface area contributed by atoms with Gasteiger partial charge in [-0.2, -0.15) is 0 Å². The molecule has 0 spiro atoms. The number of carbonyl (C=O) groups is 4. The molecule has 0 saturated heterocycles. The molecule has 0 aliphatic carbocycles. The molecule has 0 aliphatic rings. The number of amides is 1. The van der Waals surface area contributed by atoms with Crippen LogP contribution in [0.1, 0.15) is 74.1 Å². The highest BCUT2D eigenvalue weighted by Crippen LogP contribution is 2.21. The van der Waals surface area contributed by atoms with Gasteiger partial charge in [0.2, 0.25) is 5.91 Å². The predicted octanol–water partition coefficient (Wildman–Crippen LogP) is 3.97. The number of hydrogen-bond acceptors (Lipinski definition) is 7. The molecule has 3 atom stereocenters. The fraction of sp³-hybridized carbons (Fsp3) is 0.826. The van der Waals surface area contributed by atoms with Crippen molar-refractivity contribution >= 4 is 23.6 Å². The van der Waals surface area contributed by atoms with E-state index in [-0.39, 0.29) is 37.0 Å². The number of esters is 2. The second-order valence-electron chi connectivity index (χ2n) is 9.86. The lowest BCUT2D eigenvalue weighted by molar-refractivity contribution is -0.157. The summed E-state index contributed by atoms with van der Waals surface area (Å²) < 4.78 is 10.2. The Bertz CT molecular complexity index is 723. The molecule has 0 bridgehead atoms. The van der Waals surface area contributed by atoms with E-state index in [1.165, 1.54) is 7.11 Å². The number of carbonyl (C=O) groups excluding carboxylic acids is 4. The highest BCUT2D eigenvalue weighted by molar-refractivity contribution is 5.93. The molecule has 0 aliphatic heterocycles. The molecule has 0 fully saturated rings. The Labute approximate surface area is 196 Å². The third-order valence-electron chi connectivity index (χ3n) is 5.12. The van der Waals surface area contributed by atoms with Gasteiger partial charge in [0.15, 0.2) is 5.78 Å². The van der Waals surface area contributed by atoms with E-state index in [0.29, 0.717) is 12.8 Å². The minimum Gasteiger partial charge on any atom is -0.469 e. The average molecular weight is 469 g/mol. The number of rotatable bonds is 14. The first-order chi connectivity index (χ1) is 15.2. The Morgan fingerprint density at radius 3 is 2.09 bits per heavy atom. The summed E-state index contributed by atoms with van der Waals surface area (Å²) in [5, 5.41) is 6.24. The second kappa shape index (κ2) is 14.5. The summed E-state index contributed by atoms with van der Waals surface area (Å²) in [6, 6.07) is -0.818. The van der Waals surface area contributed by atoms with Crippen molar-refractivity contribution in [2.75, 3.05) is 13.7 Å². The molecule has 10 heteroatoms. The van der Waals surface area contributed by atoms with Crippen LogP contribution >= 0.6 is 0 Å². The molecule has 1 N–H and O–H groups in total. The average Bonchev–Trinajstić information content (AvgIpc) is 2.69. The number of methoxy groups -OCH3 is 1. The molecule has 0 unspecified atom stereocenters. The Morgan fingerprint density at radius 1 is 1.03 bits per heavy atom. The molecular weight excluding hydrogens is 428 g/mol. The second-order valence-corrected chi connectivity index (χ2v) is 9.86. The van der Waals surface area contributed by atoms with Crippen molar-refractivity contribution in [3.8, 4) is 0 Å². The van der Waals surface area contributed by atoms with Gasteiger partial charge in [-0.25, -0.2) is 0 Å². The first-order valence-corrected chi connectivity index (χ1v) is 11.4. The van der Waals surface area contributed by atoms with Crippen LogP contribution in [0.5, 0.6) is 0 Å². The third-order valence-corrected chi connectivity index (χ3v) is 5.12. The van der Waals surface area contributed by atoms with Crippen LogP contribution in [0.3, 0.4) is 0 Å². The molecule has 188 valence electrons.